The lowest BCUT2D eigenvalue weighted by Gasteiger charge is -2.47. The lowest BCUT2D eigenvalue weighted by atomic mass is 9.71. The molecule has 0 aromatic carbocycles. The van der Waals surface area contributed by atoms with Crippen molar-refractivity contribution in [3.05, 3.63) is 0 Å². The number of urea groups is 1. The highest BCUT2D eigenvalue weighted by Crippen LogP contribution is 2.33. The zero-order chi connectivity index (χ0) is 12.5. The third-order valence-electron chi connectivity index (χ3n) is 3.34. The van der Waals surface area contributed by atoms with Crippen LogP contribution in [0.4, 0.5) is 4.79 Å². The van der Waals surface area contributed by atoms with Crippen molar-refractivity contribution in [2.45, 2.75) is 46.2 Å². The van der Waals surface area contributed by atoms with Gasteiger partial charge in [0.1, 0.15) is 0 Å². The largest absolute Gasteiger partial charge is 0.481 e. The lowest BCUT2D eigenvalue weighted by Crippen LogP contribution is -2.66. The second-order valence-electron chi connectivity index (χ2n) is 5.31. The third-order valence-corrected chi connectivity index (χ3v) is 3.34. The van der Waals surface area contributed by atoms with E-state index in [9.17, 15) is 9.59 Å². The van der Waals surface area contributed by atoms with Gasteiger partial charge in [-0.3, -0.25) is 4.79 Å². The van der Waals surface area contributed by atoms with E-state index in [4.69, 9.17) is 5.11 Å². The maximum absolute atomic E-state index is 11.4. The van der Waals surface area contributed by atoms with Gasteiger partial charge in [-0.25, -0.2) is 4.79 Å². The highest BCUT2D eigenvalue weighted by Gasteiger charge is 2.44. The predicted molar refractivity (Wildman–Crippen MR) is 60.1 cm³/mol. The van der Waals surface area contributed by atoms with Crippen molar-refractivity contribution in [3.8, 4) is 0 Å². The Bertz CT molecular complexity index is 298. The first-order valence-electron chi connectivity index (χ1n) is 5.54. The standard InChI is InChI=1S/C11H20N2O3/c1-6(2)9-11(3,4)7(5-8(14)15)12-10(16)13-9/h6-7,9H,5H2,1-4H3,(H,14,15)(H2,12,13,16). The molecule has 5 heteroatoms. The summed E-state index contributed by atoms with van der Waals surface area (Å²) in [6, 6.07) is -0.610. The number of hydrogen-bond donors (Lipinski definition) is 3. The molecule has 0 aromatic rings. The van der Waals surface area contributed by atoms with E-state index < -0.39 is 5.97 Å². The Balaban J connectivity index is 2.91. The summed E-state index contributed by atoms with van der Waals surface area (Å²) in [5.41, 5.74) is -0.277. The second-order valence-corrected chi connectivity index (χ2v) is 5.31. The molecule has 16 heavy (non-hydrogen) atoms. The van der Waals surface area contributed by atoms with Gasteiger partial charge in [-0.2, -0.15) is 0 Å². The minimum atomic E-state index is -0.886. The normalized spacial score (nSPS) is 28.4. The molecule has 1 saturated heterocycles. The molecule has 0 spiro atoms. The molecule has 1 heterocycles. The first-order valence-corrected chi connectivity index (χ1v) is 5.54. The van der Waals surface area contributed by atoms with Gasteiger partial charge in [0.25, 0.3) is 0 Å². The van der Waals surface area contributed by atoms with Crippen LogP contribution < -0.4 is 10.6 Å². The van der Waals surface area contributed by atoms with E-state index in [1.807, 2.05) is 27.7 Å². The van der Waals surface area contributed by atoms with Gasteiger partial charge in [-0.05, 0) is 5.92 Å². The molecule has 0 saturated carbocycles. The Kier molecular flexibility index (Phi) is 3.45. The topological polar surface area (TPSA) is 78.4 Å². The quantitative estimate of drug-likeness (QED) is 0.679. The van der Waals surface area contributed by atoms with Crippen LogP contribution in [0.2, 0.25) is 0 Å². The average Bonchev–Trinajstić information content (AvgIpc) is 2.09. The van der Waals surface area contributed by atoms with Gasteiger partial charge in [0.15, 0.2) is 0 Å². The molecular formula is C11H20N2O3. The molecule has 1 fully saturated rings. The molecule has 0 radical (unpaired) electrons. The summed E-state index contributed by atoms with van der Waals surface area (Å²) in [6.45, 7) is 8.01. The molecule has 3 N–H and O–H groups in total. The van der Waals surface area contributed by atoms with Crippen LogP contribution in [0.5, 0.6) is 0 Å². The van der Waals surface area contributed by atoms with E-state index in [2.05, 4.69) is 10.6 Å². The fraction of sp³-hybridized carbons (Fsp3) is 0.818. The molecule has 92 valence electrons. The number of carboxylic acid groups (broad SMARTS) is 1. The van der Waals surface area contributed by atoms with Gasteiger partial charge in [0, 0.05) is 17.5 Å². The molecule has 1 rings (SSSR count). The maximum Gasteiger partial charge on any atom is 0.315 e. The first-order chi connectivity index (χ1) is 7.25. The average molecular weight is 228 g/mol. The van der Waals surface area contributed by atoms with Crippen LogP contribution in [-0.2, 0) is 4.79 Å². The van der Waals surface area contributed by atoms with E-state index in [0.717, 1.165) is 0 Å². The highest BCUT2D eigenvalue weighted by atomic mass is 16.4. The molecule has 1 aliphatic heterocycles. The van der Waals surface area contributed by atoms with Gasteiger partial charge >= 0.3 is 12.0 Å². The lowest BCUT2D eigenvalue weighted by molar-refractivity contribution is -0.138. The molecule has 0 aliphatic carbocycles. The van der Waals surface area contributed by atoms with Gasteiger partial charge in [0.05, 0.1) is 6.42 Å². The number of rotatable bonds is 3. The number of carbonyl (C=O) groups is 2. The predicted octanol–water partition coefficient (Wildman–Crippen LogP) is 1.19. The van der Waals surface area contributed by atoms with E-state index >= 15 is 0 Å². The minimum absolute atomic E-state index is 0.00870. The van der Waals surface area contributed by atoms with E-state index in [-0.39, 0.29) is 35.9 Å². The molecule has 2 amide bonds. The first kappa shape index (κ1) is 12.8. The van der Waals surface area contributed by atoms with Crippen molar-refractivity contribution >= 4 is 12.0 Å². The summed E-state index contributed by atoms with van der Waals surface area (Å²) < 4.78 is 0. The number of nitrogens with one attached hydrogen (secondary N) is 2. The van der Waals surface area contributed by atoms with Crippen LogP contribution in [0, 0.1) is 11.3 Å². The number of aliphatic carboxylic acids is 1. The Hall–Kier alpha value is -1.26. The maximum atomic E-state index is 11.4. The Morgan fingerprint density at radius 1 is 1.44 bits per heavy atom. The summed E-state index contributed by atoms with van der Waals surface area (Å²) in [6.07, 6.45) is -0.0381. The Morgan fingerprint density at radius 2 is 2.00 bits per heavy atom. The molecule has 5 nitrogen and oxygen atoms in total. The molecule has 0 aromatic heterocycles. The van der Waals surface area contributed by atoms with Crippen molar-refractivity contribution < 1.29 is 14.7 Å². The molecule has 0 bridgehead atoms. The molecule has 1 aliphatic rings. The summed E-state index contributed by atoms with van der Waals surface area (Å²) >= 11 is 0. The zero-order valence-electron chi connectivity index (χ0n) is 10.2. The number of hydrogen-bond acceptors (Lipinski definition) is 2. The van der Waals surface area contributed by atoms with Gasteiger partial charge in [0.2, 0.25) is 0 Å². The van der Waals surface area contributed by atoms with Crippen LogP contribution in [0.1, 0.15) is 34.1 Å². The van der Waals surface area contributed by atoms with Crippen LogP contribution in [0.25, 0.3) is 0 Å². The summed E-state index contributed by atoms with van der Waals surface area (Å²) in [4.78, 5) is 22.2. The van der Waals surface area contributed by atoms with E-state index in [1.165, 1.54) is 0 Å². The Labute approximate surface area is 95.6 Å². The van der Waals surface area contributed by atoms with E-state index in [0.29, 0.717) is 0 Å². The smallest absolute Gasteiger partial charge is 0.315 e. The summed E-state index contributed by atoms with van der Waals surface area (Å²) in [7, 11) is 0. The Morgan fingerprint density at radius 3 is 2.44 bits per heavy atom. The van der Waals surface area contributed by atoms with Gasteiger partial charge < -0.3 is 15.7 Å². The number of carbonyl (C=O) groups excluding carboxylic acids is 1. The SMILES string of the molecule is CC(C)C1NC(=O)NC(CC(=O)O)C1(C)C. The van der Waals surface area contributed by atoms with E-state index in [1.54, 1.807) is 0 Å². The fourth-order valence-corrected chi connectivity index (χ4v) is 2.44. The molecule has 2 unspecified atom stereocenters. The van der Waals surface area contributed by atoms with Crippen molar-refractivity contribution in [2.75, 3.05) is 0 Å². The van der Waals surface area contributed by atoms with Crippen molar-refractivity contribution in [1.82, 2.24) is 10.6 Å². The van der Waals surface area contributed by atoms with Crippen LogP contribution in [0.15, 0.2) is 0 Å². The van der Waals surface area contributed by atoms with Gasteiger partial charge in [-0.15, -0.1) is 0 Å². The summed E-state index contributed by atoms with van der Waals surface area (Å²) in [5, 5.41) is 14.4. The number of carboxylic acids is 1. The monoisotopic (exact) mass is 228 g/mol. The van der Waals surface area contributed by atoms with Crippen molar-refractivity contribution in [2.24, 2.45) is 11.3 Å². The van der Waals surface area contributed by atoms with Crippen molar-refractivity contribution in [1.29, 1.82) is 0 Å². The van der Waals surface area contributed by atoms with Crippen molar-refractivity contribution in [3.63, 3.8) is 0 Å². The second kappa shape index (κ2) is 4.31. The number of amides is 2. The fourth-order valence-electron chi connectivity index (χ4n) is 2.44. The van der Waals surface area contributed by atoms with Crippen LogP contribution >= 0.6 is 0 Å². The van der Waals surface area contributed by atoms with Crippen LogP contribution in [0.3, 0.4) is 0 Å². The minimum Gasteiger partial charge on any atom is -0.481 e. The zero-order valence-corrected chi connectivity index (χ0v) is 10.2. The molecule has 2 atom stereocenters. The van der Waals surface area contributed by atoms with Crippen LogP contribution in [-0.4, -0.2) is 29.2 Å². The third kappa shape index (κ3) is 2.46. The highest BCUT2D eigenvalue weighted by molar-refractivity contribution is 5.77. The molecular weight excluding hydrogens is 208 g/mol. The van der Waals surface area contributed by atoms with Gasteiger partial charge in [-0.1, -0.05) is 27.7 Å². The summed E-state index contributed by atoms with van der Waals surface area (Å²) in [5.74, 6) is -0.611.